The lowest BCUT2D eigenvalue weighted by Crippen LogP contribution is -2.13. The van der Waals surface area contributed by atoms with Gasteiger partial charge in [-0.3, -0.25) is 4.72 Å². The molecule has 2 aromatic rings. The molecule has 0 bridgehead atoms. The lowest BCUT2D eigenvalue weighted by Gasteiger charge is -2.09. The van der Waals surface area contributed by atoms with E-state index in [1.54, 1.807) is 30.3 Å². The molecule has 0 fully saturated rings. The van der Waals surface area contributed by atoms with Crippen molar-refractivity contribution in [1.82, 2.24) is 0 Å². The van der Waals surface area contributed by atoms with Crippen LogP contribution >= 0.6 is 0 Å². The Hall–Kier alpha value is -2.34. The van der Waals surface area contributed by atoms with E-state index in [0.717, 1.165) is 18.4 Å². The lowest BCUT2D eigenvalue weighted by atomic mass is 10.1. The average Bonchev–Trinajstić information content (AvgIpc) is 2.55. The van der Waals surface area contributed by atoms with Gasteiger partial charge in [-0.2, -0.15) is 0 Å². The van der Waals surface area contributed by atoms with Crippen LogP contribution in [-0.4, -0.2) is 21.5 Å². The van der Waals surface area contributed by atoms with Gasteiger partial charge >= 0.3 is 5.97 Å². The highest BCUT2D eigenvalue weighted by molar-refractivity contribution is 7.92. The van der Waals surface area contributed by atoms with Crippen molar-refractivity contribution >= 4 is 21.7 Å². The predicted octanol–water partition coefficient (Wildman–Crippen LogP) is 3.23. The van der Waals surface area contributed by atoms with Crippen molar-refractivity contribution in [2.45, 2.75) is 24.7 Å². The Balaban J connectivity index is 2.22. The molecule has 0 spiro atoms. The molecule has 0 amide bonds. The standard InChI is InChI=1S/C17H19NO4S/c1-3-5-13-8-10-16(11-9-13)23(20,21)18-15-7-4-6-14(12-15)17(19)22-2/h4,6-12,18H,3,5H2,1-2H3. The summed E-state index contributed by atoms with van der Waals surface area (Å²) in [5.41, 5.74) is 1.69. The molecule has 0 heterocycles. The van der Waals surface area contributed by atoms with Crippen LogP contribution in [0.2, 0.25) is 0 Å². The molecule has 23 heavy (non-hydrogen) atoms. The molecule has 0 radical (unpaired) electrons. The average molecular weight is 333 g/mol. The molecule has 122 valence electrons. The zero-order chi connectivity index (χ0) is 16.9. The fourth-order valence-corrected chi connectivity index (χ4v) is 3.22. The van der Waals surface area contributed by atoms with Gasteiger partial charge in [-0.05, 0) is 42.3 Å². The maximum absolute atomic E-state index is 12.4. The molecule has 0 aliphatic rings. The maximum atomic E-state index is 12.4. The van der Waals surface area contributed by atoms with Crippen molar-refractivity contribution in [3.63, 3.8) is 0 Å². The van der Waals surface area contributed by atoms with Gasteiger partial charge in [0.1, 0.15) is 0 Å². The fraction of sp³-hybridized carbons (Fsp3) is 0.235. The van der Waals surface area contributed by atoms with Crippen LogP contribution < -0.4 is 4.72 Å². The number of esters is 1. The van der Waals surface area contributed by atoms with Crippen LogP contribution in [0.3, 0.4) is 0 Å². The highest BCUT2D eigenvalue weighted by Crippen LogP contribution is 2.18. The number of carbonyl (C=O) groups excluding carboxylic acids is 1. The number of methoxy groups -OCH3 is 1. The van der Waals surface area contributed by atoms with E-state index >= 15 is 0 Å². The van der Waals surface area contributed by atoms with E-state index in [1.807, 2.05) is 12.1 Å². The van der Waals surface area contributed by atoms with E-state index in [9.17, 15) is 13.2 Å². The first-order valence-corrected chi connectivity index (χ1v) is 8.74. The minimum absolute atomic E-state index is 0.181. The first kappa shape index (κ1) is 17.0. The number of sulfonamides is 1. The van der Waals surface area contributed by atoms with Gasteiger partial charge < -0.3 is 4.74 Å². The molecular formula is C17H19NO4S. The molecule has 6 heteroatoms. The van der Waals surface area contributed by atoms with Crippen LogP contribution in [0.15, 0.2) is 53.4 Å². The summed E-state index contributed by atoms with van der Waals surface area (Å²) < 4.78 is 31.9. The Morgan fingerprint density at radius 2 is 1.83 bits per heavy atom. The minimum Gasteiger partial charge on any atom is -0.465 e. The van der Waals surface area contributed by atoms with Gasteiger partial charge in [0.25, 0.3) is 10.0 Å². The van der Waals surface area contributed by atoms with E-state index < -0.39 is 16.0 Å². The van der Waals surface area contributed by atoms with Crippen molar-refractivity contribution in [3.8, 4) is 0 Å². The number of benzene rings is 2. The third-order valence-corrected chi connectivity index (χ3v) is 4.71. The number of ether oxygens (including phenoxy) is 1. The van der Waals surface area contributed by atoms with Gasteiger partial charge in [0, 0.05) is 5.69 Å². The lowest BCUT2D eigenvalue weighted by molar-refractivity contribution is 0.0601. The quantitative estimate of drug-likeness (QED) is 0.824. The summed E-state index contributed by atoms with van der Waals surface area (Å²) in [6.45, 7) is 2.07. The van der Waals surface area contributed by atoms with Crippen LogP contribution in [-0.2, 0) is 21.2 Å². The first-order chi connectivity index (χ1) is 11.0. The molecule has 0 aliphatic heterocycles. The second kappa shape index (κ2) is 7.28. The molecule has 0 aliphatic carbocycles. The molecular weight excluding hydrogens is 314 g/mol. The number of hydrogen-bond acceptors (Lipinski definition) is 4. The number of hydrogen-bond donors (Lipinski definition) is 1. The molecule has 2 rings (SSSR count). The van der Waals surface area contributed by atoms with Crippen LogP contribution in [0, 0.1) is 0 Å². The van der Waals surface area contributed by atoms with Crippen molar-refractivity contribution in [2.75, 3.05) is 11.8 Å². The molecule has 0 unspecified atom stereocenters. The largest absolute Gasteiger partial charge is 0.465 e. The molecule has 0 atom stereocenters. The molecule has 1 N–H and O–H groups in total. The normalized spacial score (nSPS) is 11.0. The van der Waals surface area contributed by atoms with Crippen molar-refractivity contribution < 1.29 is 17.9 Å². The van der Waals surface area contributed by atoms with Crippen LogP contribution in [0.1, 0.15) is 29.3 Å². The maximum Gasteiger partial charge on any atom is 0.337 e. The predicted molar refractivity (Wildman–Crippen MR) is 89.0 cm³/mol. The van der Waals surface area contributed by atoms with Crippen molar-refractivity contribution in [1.29, 1.82) is 0 Å². The van der Waals surface area contributed by atoms with Gasteiger partial charge in [-0.25, -0.2) is 13.2 Å². The second-order valence-electron chi connectivity index (χ2n) is 5.07. The summed E-state index contributed by atoms with van der Waals surface area (Å²) in [6, 6.07) is 12.9. The molecule has 5 nitrogen and oxygen atoms in total. The third-order valence-electron chi connectivity index (χ3n) is 3.31. The second-order valence-corrected chi connectivity index (χ2v) is 6.75. The van der Waals surface area contributed by atoms with E-state index in [0.29, 0.717) is 5.69 Å². The van der Waals surface area contributed by atoms with E-state index in [1.165, 1.54) is 13.2 Å². The Labute approximate surface area is 136 Å². The fourth-order valence-electron chi connectivity index (χ4n) is 2.17. The van der Waals surface area contributed by atoms with Gasteiger partial charge in [0.15, 0.2) is 0 Å². The smallest absolute Gasteiger partial charge is 0.337 e. The summed E-state index contributed by atoms with van der Waals surface area (Å²) in [4.78, 5) is 11.7. The molecule has 0 saturated carbocycles. The highest BCUT2D eigenvalue weighted by atomic mass is 32.2. The third kappa shape index (κ3) is 4.32. The number of nitrogens with one attached hydrogen (secondary N) is 1. The number of carbonyl (C=O) groups is 1. The van der Waals surface area contributed by atoms with Crippen molar-refractivity contribution in [2.24, 2.45) is 0 Å². The Kier molecular flexibility index (Phi) is 5.39. The summed E-state index contributed by atoms with van der Waals surface area (Å²) in [7, 11) is -2.42. The summed E-state index contributed by atoms with van der Waals surface area (Å²) >= 11 is 0. The zero-order valence-electron chi connectivity index (χ0n) is 13.1. The van der Waals surface area contributed by atoms with Crippen molar-refractivity contribution in [3.05, 3.63) is 59.7 Å². The SMILES string of the molecule is CCCc1ccc(S(=O)(=O)Nc2cccc(C(=O)OC)c2)cc1. The van der Waals surface area contributed by atoms with E-state index in [2.05, 4.69) is 16.4 Å². The number of anilines is 1. The molecule has 2 aromatic carbocycles. The monoisotopic (exact) mass is 333 g/mol. The molecule has 0 saturated heterocycles. The van der Waals surface area contributed by atoms with Gasteiger partial charge in [0.2, 0.25) is 0 Å². The molecule has 0 aromatic heterocycles. The Morgan fingerprint density at radius 3 is 2.43 bits per heavy atom. The van der Waals surface area contributed by atoms with Crippen LogP contribution in [0.4, 0.5) is 5.69 Å². The van der Waals surface area contributed by atoms with Gasteiger partial charge in [-0.1, -0.05) is 31.5 Å². The van der Waals surface area contributed by atoms with Crippen LogP contribution in [0.5, 0.6) is 0 Å². The Morgan fingerprint density at radius 1 is 1.13 bits per heavy atom. The summed E-state index contributed by atoms with van der Waals surface area (Å²) in [6.07, 6.45) is 1.92. The number of aryl methyl sites for hydroxylation is 1. The van der Waals surface area contributed by atoms with Gasteiger partial charge in [-0.15, -0.1) is 0 Å². The number of rotatable bonds is 6. The van der Waals surface area contributed by atoms with Gasteiger partial charge in [0.05, 0.1) is 17.6 Å². The zero-order valence-corrected chi connectivity index (χ0v) is 13.9. The first-order valence-electron chi connectivity index (χ1n) is 7.26. The Bertz CT molecular complexity index is 782. The minimum atomic E-state index is -3.70. The summed E-state index contributed by atoms with van der Waals surface area (Å²) in [5.74, 6) is -0.519. The van der Waals surface area contributed by atoms with E-state index in [-0.39, 0.29) is 10.5 Å². The van der Waals surface area contributed by atoms with Crippen LogP contribution in [0.25, 0.3) is 0 Å². The topological polar surface area (TPSA) is 72.5 Å². The van der Waals surface area contributed by atoms with E-state index in [4.69, 9.17) is 0 Å². The summed E-state index contributed by atoms with van der Waals surface area (Å²) in [5, 5.41) is 0. The highest BCUT2D eigenvalue weighted by Gasteiger charge is 2.15.